The van der Waals surface area contributed by atoms with E-state index < -0.39 is 142 Å². The molecule has 0 N–H and O–H groups in total. The number of thioether (sulfide) groups is 1. The van der Waals surface area contributed by atoms with Crippen LogP contribution in [0.4, 0.5) is 105 Å². The van der Waals surface area contributed by atoms with E-state index in [0.29, 0.717) is 30.8 Å². The molecule has 0 saturated carbocycles. The SMILES string of the molecule is C=C(C)C(=O)OCCSCCCCCCCCC(F)(F)C(F)(F)C(F)(F)C(F)(F)C(F)(F)C(F)(F)CCCCCCCCC(F)(F)C(F)(F)C(F)(F)C(F)(F)C(F)(F)C(F)F. The van der Waals surface area contributed by atoms with Gasteiger partial charge in [0.15, 0.2) is 0 Å². The van der Waals surface area contributed by atoms with Crippen molar-refractivity contribution >= 4 is 17.7 Å². The van der Waals surface area contributed by atoms with Gasteiger partial charge in [-0.05, 0) is 38.4 Å². The Balaban J connectivity index is 5.12. The van der Waals surface area contributed by atoms with E-state index in [4.69, 9.17) is 4.74 Å². The molecular weight excluding hydrogens is 928 g/mol. The summed E-state index contributed by atoms with van der Waals surface area (Å²) < 4.78 is 335. The average molecular weight is 971 g/mol. The van der Waals surface area contributed by atoms with Crippen LogP contribution in [-0.4, -0.2) is 95.7 Å². The van der Waals surface area contributed by atoms with Gasteiger partial charge in [-0.1, -0.05) is 57.9 Å². The molecule has 0 aliphatic heterocycles. The van der Waals surface area contributed by atoms with Gasteiger partial charge in [0, 0.05) is 30.6 Å². The van der Waals surface area contributed by atoms with Gasteiger partial charge in [0.25, 0.3) is 0 Å². The van der Waals surface area contributed by atoms with Gasteiger partial charge in [-0.3, -0.25) is 0 Å². The van der Waals surface area contributed by atoms with Crippen molar-refractivity contribution < 1.29 is 115 Å². The van der Waals surface area contributed by atoms with Crippen LogP contribution in [0.3, 0.4) is 0 Å². The lowest BCUT2D eigenvalue weighted by Crippen LogP contribution is -2.70. The maximum Gasteiger partial charge on any atom is 0.384 e. The van der Waals surface area contributed by atoms with E-state index in [9.17, 15) is 110 Å². The minimum absolute atomic E-state index is 0.0541. The van der Waals surface area contributed by atoms with Crippen molar-refractivity contribution in [2.45, 2.75) is 175 Å². The highest BCUT2D eigenvalue weighted by atomic mass is 32.2. The van der Waals surface area contributed by atoms with Crippen molar-refractivity contribution in [1.29, 1.82) is 0 Å². The fourth-order valence-electron chi connectivity index (χ4n) is 5.18. The van der Waals surface area contributed by atoms with Crippen LogP contribution >= 0.6 is 11.8 Å². The minimum atomic E-state index is -7.83. The van der Waals surface area contributed by atoms with Gasteiger partial charge in [0.2, 0.25) is 0 Å². The highest BCUT2D eigenvalue weighted by molar-refractivity contribution is 7.99. The van der Waals surface area contributed by atoms with Gasteiger partial charge in [-0.25, -0.2) is 13.6 Å². The van der Waals surface area contributed by atoms with Crippen LogP contribution in [-0.2, 0) is 9.53 Å². The number of rotatable bonds is 32. The number of alkyl halides is 24. The Bertz CT molecular complexity index is 1370. The third-order valence-corrected chi connectivity index (χ3v) is 10.1. The number of esters is 1. The van der Waals surface area contributed by atoms with Crippen LogP contribution < -0.4 is 0 Å². The Morgan fingerprint density at radius 2 is 0.721 bits per heavy atom. The van der Waals surface area contributed by atoms with E-state index in [1.54, 1.807) is 0 Å². The van der Waals surface area contributed by atoms with Gasteiger partial charge in [0.1, 0.15) is 6.61 Å². The fourth-order valence-corrected chi connectivity index (χ4v) is 5.99. The van der Waals surface area contributed by atoms with Crippen LogP contribution in [0.15, 0.2) is 12.2 Å². The molecule has 61 heavy (non-hydrogen) atoms. The van der Waals surface area contributed by atoms with Crippen molar-refractivity contribution in [2.75, 3.05) is 18.1 Å². The molecule has 0 atom stereocenters. The van der Waals surface area contributed by atoms with Crippen LogP contribution in [0.2, 0.25) is 0 Å². The quantitative estimate of drug-likeness (QED) is 0.0291. The maximum atomic E-state index is 14.3. The smallest absolute Gasteiger partial charge is 0.384 e. The molecule has 364 valence electrons. The zero-order chi connectivity index (χ0) is 48.4. The topological polar surface area (TPSA) is 26.3 Å². The molecular formula is C34H42F24O2S. The molecule has 0 unspecified atom stereocenters. The Morgan fingerprint density at radius 1 is 0.443 bits per heavy atom. The van der Waals surface area contributed by atoms with Crippen molar-refractivity contribution in [3.8, 4) is 0 Å². The predicted molar refractivity (Wildman–Crippen MR) is 173 cm³/mol. The number of carbonyl (C=O) groups excluding carboxylic acids is 1. The Morgan fingerprint density at radius 3 is 1.02 bits per heavy atom. The number of hydrogen-bond donors (Lipinski definition) is 0. The zero-order valence-corrected chi connectivity index (χ0v) is 32.6. The normalized spacial score (nSPS) is 14.9. The molecule has 27 heteroatoms. The van der Waals surface area contributed by atoms with Crippen molar-refractivity contribution in [2.24, 2.45) is 0 Å². The van der Waals surface area contributed by atoms with Gasteiger partial charge >= 0.3 is 77.5 Å². The van der Waals surface area contributed by atoms with E-state index in [0.717, 1.165) is 0 Å². The second-order valence-electron chi connectivity index (χ2n) is 14.1. The summed E-state index contributed by atoms with van der Waals surface area (Å²) in [6.07, 6.45) is -18.8. The molecule has 0 amide bonds. The summed E-state index contributed by atoms with van der Waals surface area (Å²) in [7, 11) is 0. The molecule has 0 radical (unpaired) electrons. The number of unbranched alkanes of at least 4 members (excludes halogenated alkanes) is 10. The molecule has 0 heterocycles. The molecule has 0 aromatic rings. The monoisotopic (exact) mass is 970 g/mol. The third kappa shape index (κ3) is 13.0. The maximum absolute atomic E-state index is 14.3. The van der Waals surface area contributed by atoms with Crippen molar-refractivity contribution in [3.63, 3.8) is 0 Å². The summed E-state index contributed by atoms with van der Waals surface area (Å²) in [5, 5.41) is 0. The molecule has 0 aromatic heterocycles. The molecule has 0 fully saturated rings. The predicted octanol–water partition coefficient (Wildman–Crippen LogP) is 14.9. The molecule has 0 saturated heterocycles. The number of hydrogen-bond acceptors (Lipinski definition) is 3. The molecule has 0 aliphatic rings. The standard InChI is InChI=1S/C34H42F24O2S/c1-21(2)22(59)60-18-20-61-19-14-10-6-5-9-13-17-26(41,42)30(49,50)34(57,58)33(55,56)29(47,48)25(39,40)16-12-8-4-3-7-11-15-24(37,38)28(45,46)32(53,54)31(51,52)27(43,44)23(35)36/h23H,1,3-20H2,2H3. The Kier molecular flexibility index (Phi) is 21.0. The second kappa shape index (κ2) is 21.7. The molecule has 0 rings (SSSR count). The van der Waals surface area contributed by atoms with Gasteiger partial charge in [-0.2, -0.15) is 108 Å². The highest BCUT2D eigenvalue weighted by Gasteiger charge is 2.90. The largest absolute Gasteiger partial charge is 0.461 e. The molecule has 0 bridgehead atoms. The number of carbonyl (C=O) groups is 1. The summed E-state index contributed by atoms with van der Waals surface area (Å²) >= 11 is 1.38. The zero-order valence-electron chi connectivity index (χ0n) is 31.8. The van der Waals surface area contributed by atoms with Crippen molar-refractivity contribution in [3.05, 3.63) is 12.2 Å². The summed E-state index contributed by atoms with van der Waals surface area (Å²) in [4.78, 5) is 11.2. The molecule has 2 nitrogen and oxygen atoms in total. The van der Waals surface area contributed by atoms with Gasteiger partial charge in [0.05, 0.1) is 0 Å². The second-order valence-corrected chi connectivity index (χ2v) is 15.3. The summed E-state index contributed by atoms with van der Waals surface area (Å²) in [5.74, 6) is -78.8. The average Bonchev–Trinajstić information content (AvgIpc) is 3.11. The highest BCUT2D eigenvalue weighted by Crippen LogP contribution is 2.62. The lowest BCUT2D eigenvalue weighted by atomic mass is 9.88. The van der Waals surface area contributed by atoms with Crippen LogP contribution in [0.25, 0.3) is 0 Å². The molecule has 0 aliphatic carbocycles. The van der Waals surface area contributed by atoms with E-state index >= 15 is 0 Å². The molecule has 0 aromatic carbocycles. The third-order valence-electron chi connectivity index (χ3n) is 9.11. The molecule has 0 spiro atoms. The van der Waals surface area contributed by atoms with Crippen molar-refractivity contribution in [1.82, 2.24) is 0 Å². The summed E-state index contributed by atoms with van der Waals surface area (Å²) in [5.41, 5.74) is 0.193. The Labute approximate surface area is 337 Å². The summed E-state index contributed by atoms with van der Waals surface area (Å²) in [6, 6.07) is 0. The summed E-state index contributed by atoms with van der Waals surface area (Å²) in [6.45, 7) is 4.92. The minimum Gasteiger partial charge on any atom is -0.461 e. The Hall–Kier alpha value is -2.12. The first-order valence-electron chi connectivity index (χ1n) is 18.1. The first kappa shape index (κ1) is 58.9. The van der Waals surface area contributed by atoms with E-state index in [1.165, 1.54) is 18.7 Å². The van der Waals surface area contributed by atoms with Crippen LogP contribution in [0.1, 0.15) is 103 Å². The van der Waals surface area contributed by atoms with E-state index in [1.807, 2.05) is 0 Å². The van der Waals surface area contributed by atoms with Gasteiger partial charge < -0.3 is 4.74 Å². The number of halogens is 24. The van der Waals surface area contributed by atoms with E-state index in [-0.39, 0.29) is 25.0 Å². The lowest BCUT2D eigenvalue weighted by Gasteiger charge is -2.41. The number of ether oxygens (including phenoxy) is 1. The fraction of sp³-hybridized carbons (Fsp3) is 0.912. The first-order chi connectivity index (χ1) is 27.2. The van der Waals surface area contributed by atoms with Crippen LogP contribution in [0, 0.1) is 0 Å². The first-order valence-corrected chi connectivity index (χ1v) is 19.2. The lowest BCUT2D eigenvalue weighted by molar-refractivity contribution is -0.425. The van der Waals surface area contributed by atoms with E-state index in [2.05, 4.69) is 6.58 Å². The van der Waals surface area contributed by atoms with Crippen LogP contribution in [0.5, 0.6) is 0 Å². The van der Waals surface area contributed by atoms with Gasteiger partial charge in [-0.15, -0.1) is 0 Å².